The second-order valence-electron chi connectivity index (χ2n) is 3.58. The topological polar surface area (TPSA) is 82.1 Å². The van der Waals surface area contributed by atoms with Gasteiger partial charge in [0, 0.05) is 0 Å². The van der Waals surface area contributed by atoms with Crippen LogP contribution in [0.5, 0.6) is 11.8 Å². The average molecular weight is 281 g/mol. The number of aromatic nitrogens is 4. The summed E-state index contributed by atoms with van der Waals surface area (Å²) in [5.41, 5.74) is 0.751. The summed E-state index contributed by atoms with van der Waals surface area (Å²) in [6.45, 7) is 2.51. The molecule has 19 heavy (non-hydrogen) atoms. The number of nitrogens with one attached hydrogen (secondary N) is 1. The van der Waals surface area contributed by atoms with Crippen molar-refractivity contribution in [3.63, 3.8) is 0 Å². The smallest absolute Gasteiger partial charge is 0.225 e. The lowest BCUT2D eigenvalue weighted by atomic mass is 10.3. The van der Waals surface area contributed by atoms with E-state index in [1.807, 2.05) is 6.92 Å². The van der Waals surface area contributed by atoms with Crippen LogP contribution in [0, 0.1) is 0 Å². The number of aryl methyl sites for hydroxylation is 1. The highest BCUT2D eigenvalue weighted by atomic mass is 32.1. The van der Waals surface area contributed by atoms with Gasteiger partial charge in [-0.2, -0.15) is 0 Å². The van der Waals surface area contributed by atoms with Gasteiger partial charge in [0.15, 0.2) is 0 Å². The van der Waals surface area contributed by atoms with Crippen LogP contribution >= 0.6 is 11.3 Å². The van der Waals surface area contributed by atoms with E-state index in [0.717, 1.165) is 22.1 Å². The molecule has 1 N–H and O–H groups in total. The molecular formula is C11H15N5O2S. The predicted octanol–water partition coefficient (Wildman–Crippen LogP) is 1.52. The molecule has 0 aromatic carbocycles. The molecule has 0 bridgehead atoms. The van der Waals surface area contributed by atoms with Gasteiger partial charge in [0.25, 0.3) is 0 Å². The van der Waals surface area contributed by atoms with Gasteiger partial charge in [-0.25, -0.2) is 9.97 Å². The second-order valence-corrected chi connectivity index (χ2v) is 4.64. The van der Waals surface area contributed by atoms with E-state index in [-0.39, 0.29) is 0 Å². The van der Waals surface area contributed by atoms with Crippen molar-refractivity contribution in [1.29, 1.82) is 0 Å². The van der Waals surface area contributed by atoms with Gasteiger partial charge < -0.3 is 14.8 Å². The van der Waals surface area contributed by atoms with E-state index in [9.17, 15) is 0 Å². The zero-order chi connectivity index (χ0) is 13.7. The molecule has 0 aliphatic rings. The molecule has 0 aliphatic heterocycles. The molecule has 0 unspecified atom stereocenters. The summed E-state index contributed by atoms with van der Waals surface area (Å²) < 4.78 is 10.4. The van der Waals surface area contributed by atoms with Crippen LogP contribution in [0.1, 0.15) is 17.5 Å². The van der Waals surface area contributed by atoms with Gasteiger partial charge in [0.05, 0.1) is 26.3 Å². The normalized spacial score (nSPS) is 10.3. The minimum absolute atomic E-state index is 0.464. The van der Waals surface area contributed by atoms with E-state index in [2.05, 4.69) is 25.5 Å². The lowest BCUT2D eigenvalue weighted by Crippen LogP contribution is -2.06. The van der Waals surface area contributed by atoms with Crippen molar-refractivity contribution in [3.8, 4) is 11.8 Å². The lowest BCUT2D eigenvalue weighted by molar-refractivity contribution is 0.363. The number of methoxy groups -OCH3 is 2. The maximum atomic E-state index is 5.20. The van der Waals surface area contributed by atoms with Gasteiger partial charge in [0.2, 0.25) is 16.9 Å². The molecule has 0 spiro atoms. The molecular weight excluding hydrogens is 266 g/mol. The van der Waals surface area contributed by atoms with E-state index in [0.29, 0.717) is 18.3 Å². The number of ether oxygens (including phenoxy) is 2. The Morgan fingerprint density at radius 1 is 1.16 bits per heavy atom. The predicted molar refractivity (Wildman–Crippen MR) is 71.7 cm³/mol. The Hall–Kier alpha value is -1.96. The molecule has 2 aromatic rings. The standard InChI is InChI=1S/C11H15N5O2S/c1-4-8-15-16-11(19-8)12-5-7-9(17-2)13-6-14-10(7)18-3/h6H,4-5H2,1-3H3,(H,12,16). The van der Waals surface area contributed by atoms with Crippen LogP contribution in [0.15, 0.2) is 6.33 Å². The van der Waals surface area contributed by atoms with Crippen LogP contribution in [0.3, 0.4) is 0 Å². The summed E-state index contributed by atoms with van der Waals surface area (Å²) in [5, 5.41) is 13.0. The quantitative estimate of drug-likeness (QED) is 0.859. The maximum Gasteiger partial charge on any atom is 0.225 e. The van der Waals surface area contributed by atoms with Gasteiger partial charge in [-0.1, -0.05) is 18.3 Å². The van der Waals surface area contributed by atoms with Crippen LogP contribution in [-0.4, -0.2) is 34.4 Å². The lowest BCUT2D eigenvalue weighted by Gasteiger charge is -2.10. The first-order valence-corrected chi connectivity index (χ1v) is 6.58. The first kappa shape index (κ1) is 13.5. The molecule has 2 aromatic heterocycles. The largest absolute Gasteiger partial charge is 0.481 e. The molecule has 2 rings (SSSR count). The van der Waals surface area contributed by atoms with Crippen LogP contribution < -0.4 is 14.8 Å². The molecule has 0 saturated carbocycles. The Balaban J connectivity index is 2.13. The molecule has 0 amide bonds. The van der Waals surface area contributed by atoms with Crippen molar-refractivity contribution in [2.24, 2.45) is 0 Å². The number of hydrogen-bond acceptors (Lipinski definition) is 8. The highest BCUT2D eigenvalue weighted by molar-refractivity contribution is 7.15. The Bertz CT molecular complexity index is 523. The molecule has 0 fully saturated rings. The van der Waals surface area contributed by atoms with Crippen molar-refractivity contribution < 1.29 is 9.47 Å². The third kappa shape index (κ3) is 3.08. The molecule has 0 radical (unpaired) electrons. The number of nitrogens with zero attached hydrogens (tertiary/aromatic N) is 4. The zero-order valence-electron chi connectivity index (χ0n) is 11.0. The minimum atomic E-state index is 0.464. The number of anilines is 1. The average Bonchev–Trinajstić information content (AvgIpc) is 2.92. The van der Waals surface area contributed by atoms with Gasteiger partial charge in [-0.15, -0.1) is 10.2 Å². The molecule has 0 saturated heterocycles. The van der Waals surface area contributed by atoms with Crippen LogP contribution in [-0.2, 0) is 13.0 Å². The summed E-state index contributed by atoms with van der Waals surface area (Å²) in [6, 6.07) is 0. The molecule has 7 nitrogen and oxygen atoms in total. The Labute approximate surface area is 115 Å². The van der Waals surface area contributed by atoms with Crippen molar-refractivity contribution in [2.75, 3.05) is 19.5 Å². The highest BCUT2D eigenvalue weighted by Gasteiger charge is 2.13. The zero-order valence-corrected chi connectivity index (χ0v) is 11.8. The Morgan fingerprint density at radius 3 is 2.37 bits per heavy atom. The van der Waals surface area contributed by atoms with Gasteiger partial charge in [-0.05, 0) is 6.42 Å². The van der Waals surface area contributed by atoms with Crippen LogP contribution in [0.2, 0.25) is 0 Å². The van der Waals surface area contributed by atoms with Crippen LogP contribution in [0.4, 0.5) is 5.13 Å². The fourth-order valence-electron chi connectivity index (χ4n) is 1.52. The van der Waals surface area contributed by atoms with Crippen molar-refractivity contribution >= 4 is 16.5 Å². The van der Waals surface area contributed by atoms with Crippen LogP contribution in [0.25, 0.3) is 0 Å². The first-order chi connectivity index (χ1) is 9.28. The van der Waals surface area contributed by atoms with E-state index in [4.69, 9.17) is 9.47 Å². The number of rotatable bonds is 6. The van der Waals surface area contributed by atoms with E-state index in [1.165, 1.54) is 17.7 Å². The van der Waals surface area contributed by atoms with E-state index < -0.39 is 0 Å². The molecule has 8 heteroatoms. The summed E-state index contributed by atoms with van der Waals surface area (Å²) in [6.07, 6.45) is 2.28. The first-order valence-electron chi connectivity index (χ1n) is 5.76. The van der Waals surface area contributed by atoms with Crippen molar-refractivity contribution in [1.82, 2.24) is 20.2 Å². The summed E-state index contributed by atoms with van der Waals surface area (Å²) in [7, 11) is 3.12. The van der Waals surface area contributed by atoms with Crippen molar-refractivity contribution in [2.45, 2.75) is 19.9 Å². The SMILES string of the molecule is CCc1nnc(NCc2c(OC)ncnc2OC)s1. The second kappa shape index (κ2) is 6.28. The van der Waals surface area contributed by atoms with Gasteiger partial charge in [0.1, 0.15) is 11.3 Å². The summed E-state index contributed by atoms with van der Waals surface area (Å²) in [5.74, 6) is 0.971. The highest BCUT2D eigenvalue weighted by Crippen LogP contribution is 2.25. The fourth-order valence-corrected chi connectivity index (χ4v) is 2.19. The Morgan fingerprint density at radius 2 is 1.84 bits per heavy atom. The maximum absolute atomic E-state index is 5.20. The third-order valence-corrected chi connectivity index (χ3v) is 3.46. The van der Waals surface area contributed by atoms with Gasteiger partial charge >= 0.3 is 0 Å². The van der Waals surface area contributed by atoms with Gasteiger partial charge in [-0.3, -0.25) is 0 Å². The minimum Gasteiger partial charge on any atom is -0.481 e. The number of hydrogen-bond donors (Lipinski definition) is 1. The third-order valence-electron chi connectivity index (χ3n) is 2.44. The molecule has 0 aliphatic carbocycles. The molecule has 102 valence electrons. The van der Waals surface area contributed by atoms with Crippen molar-refractivity contribution in [3.05, 3.63) is 16.9 Å². The molecule has 2 heterocycles. The summed E-state index contributed by atoms with van der Waals surface area (Å²) in [4.78, 5) is 8.11. The summed E-state index contributed by atoms with van der Waals surface area (Å²) >= 11 is 1.52. The molecule has 0 atom stereocenters. The van der Waals surface area contributed by atoms with E-state index >= 15 is 0 Å². The van der Waals surface area contributed by atoms with E-state index in [1.54, 1.807) is 14.2 Å². The Kier molecular flexibility index (Phi) is 4.45. The fraction of sp³-hybridized carbons (Fsp3) is 0.455. The monoisotopic (exact) mass is 281 g/mol.